The van der Waals surface area contributed by atoms with Crippen LogP contribution in [-0.2, 0) is 0 Å². The van der Waals surface area contributed by atoms with Gasteiger partial charge in [0.05, 0.1) is 0 Å². The Morgan fingerprint density at radius 3 is 2.43 bits per heavy atom. The second-order valence-corrected chi connectivity index (χ2v) is 5.90. The van der Waals surface area contributed by atoms with E-state index in [9.17, 15) is 4.79 Å². The Morgan fingerprint density at radius 1 is 0.952 bits per heavy atom. The largest absolute Gasteiger partial charge is 0.399 e. The zero-order valence-corrected chi connectivity index (χ0v) is 13.1. The highest BCUT2D eigenvalue weighted by Gasteiger charge is 2.15. The van der Waals surface area contributed by atoms with Crippen LogP contribution in [0.4, 0.5) is 5.69 Å². The first kappa shape index (κ1) is 13.8. The summed E-state index contributed by atoms with van der Waals surface area (Å²) in [4.78, 5) is 12.9. The van der Waals surface area contributed by atoms with E-state index in [0.717, 1.165) is 20.8 Å². The van der Waals surface area contributed by atoms with Gasteiger partial charge in [-0.25, -0.2) is 0 Å². The monoisotopic (exact) mass is 339 g/mol. The van der Waals surface area contributed by atoms with Crippen LogP contribution in [-0.4, -0.2) is 5.78 Å². The second-order valence-electron chi connectivity index (χ2n) is 5.04. The molecule has 3 heteroatoms. The fourth-order valence-corrected chi connectivity index (χ4v) is 2.97. The van der Waals surface area contributed by atoms with Gasteiger partial charge in [0.1, 0.15) is 0 Å². The van der Waals surface area contributed by atoms with Gasteiger partial charge in [-0.05, 0) is 47.5 Å². The number of aryl methyl sites for hydroxylation is 1. The normalized spacial score (nSPS) is 10.8. The van der Waals surface area contributed by atoms with Gasteiger partial charge in [-0.3, -0.25) is 4.79 Å². The lowest BCUT2D eigenvalue weighted by atomic mass is 9.94. The third-order valence-corrected chi connectivity index (χ3v) is 4.31. The van der Waals surface area contributed by atoms with Crippen molar-refractivity contribution in [1.82, 2.24) is 0 Å². The molecule has 0 aliphatic rings. The van der Waals surface area contributed by atoms with Crippen molar-refractivity contribution in [3.8, 4) is 0 Å². The number of hydrogen-bond donors (Lipinski definition) is 1. The Balaban J connectivity index is 2.23. The molecule has 0 aliphatic heterocycles. The standard InChI is InChI=1S/C18H14BrNO/c1-11-6-7-12(20)10-16(11)18(21)15-8-9-17(19)14-5-3-2-4-13(14)15/h2-10H,20H2,1H3. The number of nitrogen functional groups attached to an aromatic ring is 1. The van der Waals surface area contributed by atoms with Gasteiger partial charge in [-0.1, -0.05) is 46.3 Å². The van der Waals surface area contributed by atoms with E-state index in [4.69, 9.17) is 5.73 Å². The fourth-order valence-electron chi connectivity index (χ4n) is 2.49. The number of hydrogen-bond acceptors (Lipinski definition) is 2. The lowest BCUT2D eigenvalue weighted by molar-refractivity contribution is 0.104. The molecule has 3 aromatic carbocycles. The van der Waals surface area contributed by atoms with Crippen LogP contribution < -0.4 is 5.73 Å². The minimum atomic E-state index is 0.00324. The van der Waals surface area contributed by atoms with Crippen LogP contribution in [0.1, 0.15) is 21.5 Å². The first-order valence-electron chi connectivity index (χ1n) is 6.66. The van der Waals surface area contributed by atoms with Crippen molar-refractivity contribution in [3.05, 3.63) is 75.8 Å². The Bertz CT molecular complexity index is 855. The summed E-state index contributed by atoms with van der Waals surface area (Å²) >= 11 is 3.53. The minimum Gasteiger partial charge on any atom is -0.399 e. The number of nitrogens with two attached hydrogens (primary N) is 1. The van der Waals surface area contributed by atoms with Crippen molar-refractivity contribution in [1.29, 1.82) is 0 Å². The van der Waals surface area contributed by atoms with Gasteiger partial charge in [-0.2, -0.15) is 0 Å². The molecule has 0 fully saturated rings. The van der Waals surface area contributed by atoms with Crippen LogP contribution in [0.15, 0.2) is 59.1 Å². The Hall–Kier alpha value is -2.13. The number of anilines is 1. The summed E-state index contributed by atoms with van der Waals surface area (Å²) in [5.41, 5.74) is 8.71. The van der Waals surface area contributed by atoms with Crippen LogP contribution in [0.25, 0.3) is 10.8 Å². The molecule has 0 aromatic heterocycles. The summed E-state index contributed by atoms with van der Waals surface area (Å²) in [7, 11) is 0. The van der Waals surface area contributed by atoms with Crippen molar-refractivity contribution >= 4 is 38.2 Å². The maximum atomic E-state index is 12.9. The quantitative estimate of drug-likeness (QED) is 0.542. The summed E-state index contributed by atoms with van der Waals surface area (Å²) in [6.45, 7) is 1.92. The molecule has 104 valence electrons. The first-order valence-corrected chi connectivity index (χ1v) is 7.45. The van der Waals surface area contributed by atoms with E-state index in [1.807, 2.05) is 55.5 Å². The topological polar surface area (TPSA) is 43.1 Å². The molecule has 2 N–H and O–H groups in total. The predicted molar refractivity (Wildman–Crippen MR) is 90.7 cm³/mol. The highest BCUT2D eigenvalue weighted by molar-refractivity contribution is 9.10. The smallest absolute Gasteiger partial charge is 0.193 e. The maximum absolute atomic E-state index is 12.9. The van der Waals surface area contributed by atoms with E-state index in [1.54, 1.807) is 6.07 Å². The lowest BCUT2D eigenvalue weighted by Gasteiger charge is -2.10. The van der Waals surface area contributed by atoms with Crippen molar-refractivity contribution in [3.63, 3.8) is 0 Å². The molecule has 0 atom stereocenters. The molecule has 0 unspecified atom stereocenters. The zero-order valence-electron chi connectivity index (χ0n) is 11.6. The van der Waals surface area contributed by atoms with Crippen LogP contribution in [0.2, 0.25) is 0 Å². The van der Waals surface area contributed by atoms with Gasteiger partial charge in [0, 0.05) is 21.3 Å². The Morgan fingerprint density at radius 2 is 1.67 bits per heavy atom. The van der Waals surface area contributed by atoms with E-state index in [-0.39, 0.29) is 5.78 Å². The van der Waals surface area contributed by atoms with E-state index < -0.39 is 0 Å². The van der Waals surface area contributed by atoms with E-state index in [1.165, 1.54) is 0 Å². The molecule has 0 heterocycles. The van der Waals surface area contributed by atoms with Crippen LogP contribution in [0, 0.1) is 6.92 Å². The molecule has 0 radical (unpaired) electrons. The number of carbonyl (C=O) groups is 1. The van der Waals surface area contributed by atoms with Crippen LogP contribution in [0.3, 0.4) is 0 Å². The number of ketones is 1. The zero-order chi connectivity index (χ0) is 15.0. The summed E-state index contributed by atoms with van der Waals surface area (Å²) < 4.78 is 0.985. The van der Waals surface area contributed by atoms with Crippen LogP contribution >= 0.6 is 15.9 Å². The molecule has 3 rings (SSSR count). The molecule has 0 spiro atoms. The summed E-state index contributed by atoms with van der Waals surface area (Å²) in [5, 5.41) is 1.98. The molecule has 2 nitrogen and oxygen atoms in total. The van der Waals surface area contributed by atoms with Crippen molar-refractivity contribution < 1.29 is 4.79 Å². The molecule has 21 heavy (non-hydrogen) atoms. The molecule has 0 saturated heterocycles. The highest BCUT2D eigenvalue weighted by Crippen LogP contribution is 2.29. The van der Waals surface area contributed by atoms with Crippen molar-refractivity contribution in [2.75, 3.05) is 5.73 Å². The number of fused-ring (bicyclic) bond motifs is 1. The van der Waals surface area contributed by atoms with E-state index in [2.05, 4.69) is 15.9 Å². The maximum Gasteiger partial charge on any atom is 0.193 e. The van der Waals surface area contributed by atoms with E-state index >= 15 is 0 Å². The number of rotatable bonds is 2. The van der Waals surface area contributed by atoms with E-state index in [0.29, 0.717) is 16.8 Å². The number of carbonyl (C=O) groups excluding carboxylic acids is 1. The van der Waals surface area contributed by atoms with Gasteiger partial charge in [0.2, 0.25) is 0 Å². The number of halogens is 1. The van der Waals surface area contributed by atoms with Gasteiger partial charge in [0.25, 0.3) is 0 Å². The van der Waals surface area contributed by atoms with Crippen molar-refractivity contribution in [2.45, 2.75) is 6.92 Å². The summed E-state index contributed by atoms with van der Waals surface area (Å²) in [5.74, 6) is 0.00324. The second kappa shape index (κ2) is 5.34. The number of benzene rings is 3. The third kappa shape index (κ3) is 2.45. The molecule has 0 bridgehead atoms. The summed E-state index contributed by atoms with van der Waals surface area (Å²) in [6.07, 6.45) is 0. The lowest BCUT2D eigenvalue weighted by Crippen LogP contribution is -2.05. The Kier molecular flexibility index (Phi) is 3.52. The molecule has 0 aliphatic carbocycles. The summed E-state index contributed by atoms with van der Waals surface area (Å²) in [6, 6.07) is 17.1. The predicted octanol–water partition coefficient (Wildman–Crippen LogP) is 4.72. The van der Waals surface area contributed by atoms with Crippen molar-refractivity contribution in [2.24, 2.45) is 0 Å². The average molecular weight is 340 g/mol. The molecular weight excluding hydrogens is 326 g/mol. The highest BCUT2D eigenvalue weighted by atomic mass is 79.9. The molecule has 0 saturated carbocycles. The third-order valence-electron chi connectivity index (χ3n) is 3.62. The van der Waals surface area contributed by atoms with Gasteiger partial charge in [-0.15, -0.1) is 0 Å². The minimum absolute atomic E-state index is 0.00324. The molecule has 0 amide bonds. The molecular formula is C18H14BrNO. The Labute approximate surface area is 131 Å². The average Bonchev–Trinajstić information content (AvgIpc) is 2.50. The first-order chi connectivity index (χ1) is 10.1. The van der Waals surface area contributed by atoms with Gasteiger partial charge >= 0.3 is 0 Å². The molecule has 3 aromatic rings. The SMILES string of the molecule is Cc1ccc(N)cc1C(=O)c1ccc(Br)c2ccccc12. The van der Waals surface area contributed by atoms with Gasteiger partial charge < -0.3 is 5.73 Å². The fraction of sp³-hybridized carbons (Fsp3) is 0.0556. The van der Waals surface area contributed by atoms with Crippen LogP contribution in [0.5, 0.6) is 0 Å². The van der Waals surface area contributed by atoms with Gasteiger partial charge in [0.15, 0.2) is 5.78 Å².